The normalized spacial score (nSPS) is 17.2. The SMILES string of the molecule is CNC(=O)CCn1c(=O)c(=O)n(CC2COC2)c2ccc(Nc3nc(N4CCC(F)(F)CC4)ncc3Cl)cc21. The fourth-order valence-electron chi connectivity index (χ4n) is 4.65. The maximum absolute atomic E-state index is 13.6. The highest BCUT2D eigenvalue weighted by Crippen LogP contribution is 2.31. The lowest BCUT2D eigenvalue weighted by atomic mass is 10.1. The van der Waals surface area contributed by atoms with Gasteiger partial charge in [-0.25, -0.2) is 13.8 Å². The second-order valence-corrected chi connectivity index (χ2v) is 10.1. The standard InChI is InChI=1S/C25H28ClF2N7O4/c1-29-20(36)4-7-34-19-10-16(2-3-18(19)35(23(38)22(34)37)12-15-13-39-14-15)31-21-17(26)11-30-24(32-21)33-8-5-25(27,28)6-9-33/h2-3,10-11,15H,4-9,12-14H2,1H3,(H,29,36)(H,30,31,32). The monoisotopic (exact) mass is 563 g/mol. The first-order valence-corrected chi connectivity index (χ1v) is 13.0. The lowest BCUT2D eigenvalue weighted by Crippen LogP contribution is -2.44. The number of rotatable bonds is 8. The first-order chi connectivity index (χ1) is 18.6. The Labute approximate surface area is 226 Å². The van der Waals surface area contributed by atoms with E-state index in [0.717, 1.165) is 0 Å². The van der Waals surface area contributed by atoms with E-state index in [9.17, 15) is 23.2 Å². The highest BCUT2D eigenvalue weighted by atomic mass is 35.5. The number of amides is 1. The summed E-state index contributed by atoms with van der Waals surface area (Å²) < 4.78 is 35.2. The van der Waals surface area contributed by atoms with Crippen molar-refractivity contribution in [3.8, 4) is 0 Å². The Morgan fingerprint density at radius 2 is 1.87 bits per heavy atom. The second kappa shape index (κ2) is 10.9. The summed E-state index contributed by atoms with van der Waals surface area (Å²) in [5.74, 6) is -2.31. The summed E-state index contributed by atoms with van der Waals surface area (Å²) in [6.45, 7) is 1.60. The predicted octanol–water partition coefficient (Wildman–Crippen LogP) is 2.37. The zero-order valence-electron chi connectivity index (χ0n) is 21.3. The number of anilines is 3. The summed E-state index contributed by atoms with van der Waals surface area (Å²) >= 11 is 6.35. The fourth-order valence-corrected chi connectivity index (χ4v) is 4.79. The van der Waals surface area contributed by atoms with Crippen molar-refractivity contribution in [3.63, 3.8) is 0 Å². The van der Waals surface area contributed by atoms with E-state index in [-0.39, 0.29) is 67.5 Å². The number of benzene rings is 1. The molecule has 0 radical (unpaired) electrons. The molecule has 5 rings (SSSR count). The van der Waals surface area contributed by atoms with Gasteiger partial charge in [0.25, 0.3) is 5.92 Å². The molecule has 0 spiro atoms. The van der Waals surface area contributed by atoms with Gasteiger partial charge in [-0.05, 0) is 18.2 Å². The molecular formula is C25H28ClF2N7O4. The van der Waals surface area contributed by atoms with E-state index in [4.69, 9.17) is 16.3 Å². The van der Waals surface area contributed by atoms with Crippen LogP contribution in [0.4, 0.5) is 26.2 Å². The Balaban J connectivity index is 1.50. The van der Waals surface area contributed by atoms with E-state index in [1.54, 1.807) is 23.1 Å². The van der Waals surface area contributed by atoms with Crippen LogP contribution < -0.4 is 26.7 Å². The molecule has 1 aromatic carbocycles. The van der Waals surface area contributed by atoms with Crippen LogP contribution in [-0.4, -0.2) is 64.3 Å². The summed E-state index contributed by atoms with van der Waals surface area (Å²) in [5, 5.41) is 5.85. The second-order valence-electron chi connectivity index (χ2n) is 9.74. The van der Waals surface area contributed by atoms with E-state index in [1.165, 1.54) is 22.4 Å². The molecule has 208 valence electrons. The summed E-state index contributed by atoms with van der Waals surface area (Å²) in [4.78, 5) is 48.4. The third-order valence-corrected chi connectivity index (χ3v) is 7.27. The molecule has 39 heavy (non-hydrogen) atoms. The average molecular weight is 564 g/mol. The number of piperidine rings is 1. The number of ether oxygens (including phenoxy) is 1. The van der Waals surface area contributed by atoms with Crippen LogP contribution >= 0.6 is 11.6 Å². The van der Waals surface area contributed by atoms with Gasteiger partial charge in [0, 0.05) is 64.1 Å². The summed E-state index contributed by atoms with van der Waals surface area (Å²) in [7, 11) is 1.50. The Morgan fingerprint density at radius 1 is 1.15 bits per heavy atom. The van der Waals surface area contributed by atoms with Crippen LogP contribution in [0.2, 0.25) is 5.02 Å². The van der Waals surface area contributed by atoms with Crippen molar-refractivity contribution in [3.05, 3.63) is 50.1 Å². The van der Waals surface area contributed by atoms with Gasteiger partial charge in [0.1, 0.15) is 5.02 Å². The first-order valence-electron chi connectivity index (χ1n) is 12.6. The zero-order valence-corrected chi connectivity index (χ0v) is 22.0. The fraction of sp³-hybridized carbons (Fsp3) is 0.480. The Morgan fingerprint density at radius 3 is 2.54 bits per heavy atom. The first kappa shape index (κ1) is 27.0. The number of aryl methyl sites for hydroxylation is 1. The zero-order chi connectivity index (χ0) is 27.7. The van der Waals surface area contributed by atoms with E-state index in [0.29, 0.717) is 36.5 Å². The minimum absolute atomic E-state index is 0.0130. The molecule has 0 aliphatic carbocycles. The Hall–Kier alpha value is -3.58. The van der Waals surface area contributed by atoms with Gasteiger partial charge >= 0.3 is 11.1 Å². The Bertz CT molecular complexity index is 1510. The quantitative estimate of drug-likeness (QED) is 0.401. The van der Waals surface area contributed by atoms with Crippen molar-refractivity contribution in [1.29, 1.82) is 0 Å². The van der Waals surface area contributed by atoms with Crippen LogP contribution in [0.3, 0.4) is 0 Å². The van der Waals surface area contributed by atoms with Gasteiger partial charge in [-0.3, -0.25) is 14.4 Å². The summed E-state index contributed by atoms with van der Waals surface area (Å²) in [6.07, 6.45) is 0.847. The number of aromatic nitrogens is 4. The van der Waals surface area contributed by atoms with E-state index in [1.807, 2.05) is 0 Å². The molecule has 0 unspecified atom stereocenters. The summed E-state index contributed by atoms with van der Waals surface area (Å²) in [5.41, 5.74) is 0.121. The number of nitrogens with one attached hydrogen (secondary N) is 2. The van der Waals surface area contributed by atoms with E-state index in [2.05, 4.69) is 20.6 Å². The average Bonchev–Trinajstić information content (AvgIpc) is 2.89. The molecule has 3 aromatic rings. The molecule has 14 heteroatoms. The number of fused-ring (bicyclic) bond motifs is 1. The van der Waals surface area contributed by atoms with Crippen LogP contribution in [0.15, 0.2) is 34.0 Å². The number of hydrogen-bond donors (Lipinski definition) is 2. The topological polar surface area (TPSA) is 123 Å². The minimum Gasteiger partial charge on any atom is -0.381 e. The molecule has 11 nitrogen and oxygen atoms in total. The van der Waals surface area contributed by atoms with Crippen molar-refractivity contribution in [1.82, 2.24) is 24.4 Å². The smallest absolute Gasteiger partial charge is 0.316 e. The van der Waals surface area contributed by atoms with Crippen molar-refractivity contribution < 1.29 is 18.3 Å². The molecule has 4 heterocycles. The van der Waals surface area contributed by atoms with Crippen LogP contribution in [0, 0.1) is 5.92 Å². The molecule has 1 amide bonds. The maximum Gasteiger partial charge on any atom is 0.316 e. The number of halogens is 3. The van der Waals surface area contributed by atoms with Crippen molar-refractivity contribution in [2.75, 3.05) is 43.6 Å². The molecule has 2 saturated heterocycles. The molecule has 2 fully saturated rings. The predicted molar refractivity (Wildman–Crippen MR) is 142 cm³/mol. The number of carbonyl (C=O) groups excluding carboxylic acids is 1. The number of carbonyl (C=O) groups is 1. The van der Waals surface area contributed by atoms with Crippen LogP contribution in [0.1, 0.15) is 19.3 Å². The molecule has 2 aromatic heterocycles. The summed E-state index contributed by atoms with van der Waals surface area (Å²) in [6, 6.07) is 5.13. The lowest BCUT2D eigenvalue weighted by Gasteiger charge is -2.31. The van der Waals surface area contributed by atoms with Gasteiger partial charge in [0.2, 0.25) is 11.9 Å². The molecule has 0 atom stereocenters. The third kappa shape index (κ3) is 5.74. The van der Waals surface area contributed by atoms with Gasteiger partial charge in [0.05, 0.1) is 30.4 Å². The minimum atomic E-state index is -2.70. The highest BCUT2D eigenvalue weighted by Gasteiger charge is 2.35. The highest BCUT2D eigenvalue weighted by molar-refractivity contribution is 6.32. The molecule has 2 N–H and O–H groups in total. The van der Waals surface area contributed by atoms with Gasteiger partial charge < -0.3 is 29.4 Å². The molecule has 2 aliphatic rings. The number of hydrogen-bond acceptors (Lipinski definition) is 8. The van der Waals surface area contributed by atoms with E-state index >= 15 is 0 Å². The van der Waals surface area contributed by atoms with Crippen LogP contribution in [0.5, 0.6) is 0 Å². The van der Waals surface area contributed by atoms with Crippen LogP contribution in [-0.2, 0) is 22.6 Å². The van der Waals surface area contributed by atoms with Crippen molar-refractivity contribution >= 4 is 46.0 Å². The largest absolute Gasteiger partial charge is 0.381 e. The molecule has 0 saturated carbocycles. The Kier molecular flexibility index (Phi) is 7.54. The van der Waals surface area contributed by atoms with Gasteiger partial charge in [-0.2, -0.15) is 4.98 Å². The van der Waals surface area contributed by atoms with Gasteiger partial charge in [-0.1, -0.05) is 11.6 Å². The lowest BCUT2D eigenvalue weighted by molar-refractivity contribution is -0.120. The van der Waals surface area contributed by atoms with Crippen molar-refractivity contribution in [2.45, 2.75) is 38.3 Å². The molecule has 2 aliphatic heterocycles. The molecular weight excluding hydrogens is 536 g/mol. The number of alkyl halides is 2. The van der Waals surface area contributed by atoms with Crippen molar-refractivity contribution in [2.24, 2.45) is 5.92 Å². The molecule has 0 bridgehead atoms. The van der Waals surface area contributed by atoms with E-state index < -0.39 is 17.0 Å². The van der Waals surface area contributed by atoms with Crippen LogP contribution in [0.25, 0.3) is 11.0 Å². The maximum atomic E-state index is 13.6. The number of nitrogens with zero attached hydrogens (tertiary/aromatic N) is 5. The third-order valence-electron chi connectivity index (χ3n) is 6.99. The van der Waals surface area contributed by atoms with Gasteiger partial charge in [-0.15, -0.1) is 0 Å². The van der Waals surface area contributed by atoms with Gasteiger partial charge in [0.15, 0.2) is 5.82 Å².